The van der Waals surface area contributed by atoms with Crippen molar-refractivity contribution >= 4 is 11.7 Å². The van der Waals surface area contributed by atoms with Crippen LogP contribution in [0.5, 0.6) is 5.75 Å². The lowest BCUT2D eigenvalue weighted by molar-refractivity contribution is 0.0702. The molecule has 1 atom stereocenters. The van der Waals surface area contributed by atoms with E-state index in [1.54, 1.807) is 12.4 Å². The Morgan fingerprint density at radius 2 is 2.10 bits per heavy atom. The third-order valence-corrected chi connectivity index (χ3v) is 5.47. The van der Waals surface area contributed by atoms with Gasteiger partial charge in [0, 0.05) is 50.1 Å². The van der Waals surface area contributed by atoms with Crippen LogP contribution in [0.1, 0.15) is 41.7 Å². The number of anilines is 1. The van der Waals surface area contributed by atoms with Crippen LogP contribution in [0.25, 0.3) is 11.4 Å². The maximum atomic E-state index is 13.3. The van der Waals surface area contributed by atoms with Crippen molar-refractivity contribution in [3.63, 3.8) is 0 Å². The standard InChI is InChI=1S/C24H27N5O2/c1-3-31-21-11-5-4-10-19(21)24(30)29-13-7-9-18(16-29)20-14-22(25-2)28-23(27-20)17-8-6-12-26-15-17/h4-6,8,10-12,14-15,18H,3,7,9,13,16H2,1-2H3,(H,25,27,28)/t18-/m1/s1. The lowest BCUT2D eigenvalue weighted by Gasteiger charge is -2.33. The number of nitrogens with one attached hydrogen (secondary N) is 1. The van der Waals surface area contributed by atoms with Crippen LogP contribution in [0.2, 0.25) is 0 Å². The SMILES string of the molecule is CCOc1ccccc1C(=O)N1CCC[C@@H](c2cc(NC)nc(-c3cccnc3)n2)C1. The van der Waals surface area contributed by atoms with E-state index in [1.165, 1.54) is 0 Å². The van der Waals surface area contributed by atoms with Crippen molar-refractivity contribution in [2.24, 2.45) is 0 Å². The largest absolute Gasteiger partial charge is 0.493 e. The third-order valence-electron chi connectivity index (χ3n) is 5.47. The van der Waals surface area contributed by atoms with Gasteiger partial charge in [0.05, 0.1) is 17.9 Å². The van der Waals surface area contributed by atoms with Crippen molar-refractivity contribution in [3.05, 3.63) is 66.1 Å². The number of benzene rings is 1. The minimum absolute atomic E-state index is 0.00382. The van der Waals surface area contributed by atoms with E-state index >= 15 is 0 Å². The summed E-state index contributed by atoms with van der Waals surface area (Å²) in [5.41, 5.74) is 2.42. The van der Waals surface area contributed by atoms with Crippen LogP contribution >= 0.6 is 0 Å². The number of aromatic nitrogens is 3. The Bertz CT molecular complexity index is 1040. The highest BCUT2D eigenvalue weighted by molar-refractivity contribution is 5.97. The highest BCUT2D eigenvalue weighted by atomic mass is 16.5. The van der Waals surface area contributed by atoms with Crippen molar-refractivity contribution < 1.29 is 9.53 Å². The molecular formula is C24H27N5O2. The summed E-state index contributed by atoms with van der Waals surface area (Å²) < 4.78 is 5.67. The number of hydrogen-bond acceptors (Lipinski definition) is 6. The number of amides is 1. The zero-order valence-corrected chi connectivity index (χ0v) is 17.9. The molecular weight excluding hydrogens is 390 g/mol. The second-order valence-corrected chi connectivity index (χ2v) is 7.51. The summed E-state index contributed by atoms with van der Waals surface area (Å²) in [6.07, 6.45) is 5.40. The van der Waals surface area contributed by atoms with Gasteiger partial charge >= 0.3 is 0 Å². The summed E-state index contributed by atoms with van der Waals surface area (Å²) in [5, 5.41) is 3.13. The number of carbonyl (C=O) groups excluding carboxylic acids is 1. The molecule has 0 radical (unpaired) electrons. The molecule has 3 aromatic rings. The first-order valence-electron chi connectivity index (χ1n) is 10.7. The van der Waals surface area contributed by atoms with Crippen molar-refractivity contribution in [2.75, 3.05) is 32.1 Å². The van der Waals surface area contributed by atoms with Gasteiger partial charge < -0.3 is 15.0 Å². The Morgan fingerprint density at radius 1 is 1.23 bits per heavy atom. The van der Waals surface area contributed by atoms with E-state index < -0.39 is 0 Å². The van der Waals surface area contributed by atoms with Crippen LogP contribution in [-0.4, -0.2) is 52.5 Å². The van der Waals surface area contributed by atoms with Gasteiger partial charge in [-0.05, 0) is 44.0 Å². The topological polar surface area (TPSA) is 80.2 Å². The van der Waals surface area contributed by atoms with E-state index in [4.69, 9.17) is 9.72 Å². The van der Waals surface area contributed by atoms with Gasteiger partial charge in [-0.2, -0.15) is 0 Å². The van der Waals surface area contributed by atoms with Crippen LogP contribution in [0.15, 0.2) is 54.9 Å². The van der Waals surface area contributed by atoms with E-state index in [1.807, 2.05) is 61.3 Å². The molecule has 4 rings (SSSR count). The van der Waals surface area contributed by atoms with Crippen LogP contribution in [0, 0.1) is 0 Å². The molecule has 1 amide bonds. The van der Waals surface area contributed by atoms with Gasteiger partial charge in [0.1, 0.15) is 11.6 Å². The van der Waals surface area contributed by atoms with Crippen LogP contribution in [0.3, 0.4) is 0 Å². The lowest BCUT2D eigenvalue weighted by Crippen LogP contribution is -2.39. The molecule has 0 bridgehead atoms. The fourth-order valence-corrected chi connectivity index (χ4v) is 3.93. The Balaban J connectivity index is 1.60. The quantitative estimate of drug-likeness (QED) is 0.653. The van der Waals surface area contributed by atoms with Crippen molar-refractivity contribution in [1.82, 2.24) is 19.9 Å². The zero-order chi connectivity index (χ0) is 21.6. The average molecular weight is 418 g/mol. The molecule has 7 heteroatoms. The molecule has 0 aliphatic carbocycles. The predicted octanol–water partition coefficient (Wildman–Crippen LogP) is 4.00. The van der Waals surface area contributed by atoms with Gasteiger partial charge in [0.2, 0.25) is 0 Å². The summed E-state index contributed by atoms with van der Waals surface area (Å²) in [4.78, 5) is 28.8. The molecule has 1 fully saturated rings. The summed E-state index contributed by atoms with van der Waals surface area (Å²) >= 11 is 0. The third kappa shape index (κ3) is 4.66. The first kappa shape index (κ1) is 20.8. The summed E-state index contributed by atoms with van der Waals surface area (Å²) in [6.45, 7) is 3.80. The van der Waals surface area contributed by atoms with Crippen molar-refractivity contribution in [3.8, 4) is 17.1 Å². The number of nitrogens with zero attached hydrogens (tertiary/aromatic N) is 4. The number of ether oxygens (including phenoxy) is 1. The number of para-hydroxylation sites is 1. The minimum Gasteiger partial charge on any atom is -0.493 e. The van der Waals surface area contributed by atoms with E-state index in [2.05, 4.69) is 15.3 Å². The molecule has 0 spiro atoms. The van der Waals surface area contributed by atoms with Crippen molar-refractivity contribution in [2.45, 2.75) is 25.7 Å². The van der Waals surface area contributed by atoms with Gasteiger partial charge in [-0.25, -0.2) is 9.97 Å². The molecule has 1 N–H and O–H groups in total. The number of hydrogen-bond donors (Lipinski definition) is 1. The first-order chi connectivity index (χ1) is 15.2. The second-order valence-electron chi connectivity index (χ2n) is 7.51. The second kappa shape index (κ2) is 9.55. The fourth-order valence-electron chi connectivity index (χ4n) is 3.93. The molecule has 1 saturated heterocycles. The number of piperidine rings is 1. The van der Waals surface area contributed by atoms with Gasteiger partial charge in [0.25, 0.3) is 5.91 Å². The highest BCUT2D eigenvalue weighted by Gasteiger charge is 2.28. The van der Waals surface area contributed by atoms with E-state index in [-0.39, 0.29) is 11.8 Å². The molecule has 0 unspecified atom stereocenters. The minimum atomic E-state index is 0.00382. The molecule has 160 valence electrons. The monoisotopic (exact) mass is 417 g/mol. The Hall–Kier alpha value is -3.48. The van der Waals surface area contributed by atoms with Crippen LogP contribution in [-0.2, 0) is 0 Å². The van der Waals surface area contributed by atoms with E-state index in [0.717, 1.165) is 36.5 Å². The number of pyridine rings is 1. The molecule has 2 aromatic heterocycles. The average Bonchev–Trinajstić information content (AvgIpc) is 2.84. The number of likely N-dealkylation sites (tertiary alicyclic amines) is 1. The summed E-state index contributed by atoms with van der Waals surface area (Å²) in [5.74, 6) is 2.18. The van der Waals surface area contributed by atoms with Crippen molar-refractivity contribution in [1.29, 1.82) is 0 Å². The van der Waals surface area contributed by atoms with Crippen LogP contribution in [0.4, 0.5) is 5.82 Å². The lowest BCUT2D eigenvalue weighted by atomic mass is 9.93. The van der Waals surface area contributed by atoms with Gasteiger partial charge in [-0.1, -0.05) is 12.1 Å². The molecule has 7 nitrogen and oxygen atoms in total. The molecule has 1 aromatic carbocycles. The molecule has 1 aliphatic rings. The van der Waals surface area contributed by atoms with E-state index in [0.29, 0.717) is 30.3 Å². The van der Waals surface area contributed by atoms with Gasteiger partial charge in [-0.15, -0.1) is 0 Å². The molecule has 1 aliphatic heterocycles. The Morgan fingerprint density at radius 3 is 2.87 bits per heavy atom. The predicted molar refractivity (Wildman–Crippen MR) is 120 cm³/mol. The maximum Gasteiger partial charge on any atom is 0.257 e. The first-order valence-corrected chi connectivity index (χ1v) is 10.7. The molecule has 0 saturated carbocycles. The number of rotatable bonds is 6. The maximum absolute atomic E-state index is 13.3. The smallest absolute Gasteiger partial charge is 0.257 e. The summed E-state index contributed by atoms with van der Waals surface area (Å²) in [6, 6.07) is 13.3. The Kier molecular flexibility index (Phi) is 6.40. The molecule has 3 heterocycles. The fraction of sp³-hybridized carbons (Fsp3) is 0.333. The zero-order valence-electron chi connectivity index (χ0n) is 17.9. The Labute approximate surface area is 182 Å². The normalized spacial score (nSPS) is 16.1. The molecule has 31 heavy (non-hydrogen) atoms. The van der Waals surface area contributed by atoms with Crippen LogP contribution < -0.4 is 10.1 Å². The van der Waals surface area contributed by atoms with Gasteiger partial charge in [0.15, 0.2) is 5.82 Å². The summed E-state index contributed by atoms with van der Waals surface area (Å²) in [7, 11) is 1.85. The highest BCUT2D eigenvalue weighted by Crippen LogP contribution is 2.30. The number of carbonyl (C=O) groups is 1. The van der Waals surface area contributed by atoms with Gasteiger partial charge in [-0.3, -0.25) is 9.78 Å². The van der Waals surface area contributed by atoms with E-state index in [9.17, 15) is 4.79 Å².